The molecule has 0 aliphatic carbocycles. The van der Waals surface area contributed by atoms with Crippen LogP contribution in [0.5, 0.6) is 0 Å². The normalized spacial score (nSPS) is 10.1. The average Bonchev–Trinajstić information content (AvgIpc) is 3.04. The third-order valence-electron chi connectivity index (χ3n) is 3.51. The molecular weight excluding hydrogens is 332 g/mol. The molecule has 3 aromatic rings. The average molecular weight is 348 g/mol. The van der Waals surface area contributed by atoms with E-state index in [9.17, 15) is 4.79 Å². The number of hydrogen-bond donors (Lipinski definition) is 2. The molecule has 0 aliphatic heterocycles. The zero-order chi connectivity index (χ0) is 17.8. The largest absolute Gasteiger partial charge is 0.462 e. The number of carbonyl (C=O) groups excluding carboxylic acids is 1. The number of ether oxygens (including phenoxy) is 1. The third kappa shape index (κ3) is 3.87. The van der Waals surface area contributed by atoms with Gasteiger partial charge in [-0.05, 0) is 48.7 Å². The lowest BCUT2D eigenvalue weighted by molar-refractivity contribution is 0.0526. The standard InChI is InChI=1S/C20H16N2O2S/c1-2-24-20(23)16-5-3-4-13(10-16)6-7-14-8-9-15-12-18(19(21)22)25-17(15)11-14/h3-5,8-12H,2H2,1H3,(H3,21,22). The van der Waals surface area contributed by atoms with E-state index in [1.54, 1.807) is 25.1 Å². The molecule has 0 saturated carbocycles. The van der Waals surface area contributed by atoms with Crippen LogP contribution in [-0.2, 0) is 4.74 Å². The Kier molecular flexibility index (Phi) is 4.82. The van der Waals surface area contributed by atoms with Crippen LogP contribution >= 0.6 is 11.3 Å². The van der Waals surface area contributed by atoms with Crippen molar-refractivity contribution in [3.8, 4) is 11.8 Å². The molecule has 0 saturated heterocycles. The van der Waals surface area contributed by atoms with E-state index in [0.29, 0.717) is 12.2 Å². The van der Waals surface area contributed by atoms with Gasteiger partial charge in [0.25, 0.3) is 0 Å². The third-order valence-corrected chi connectivity index (χ3v) is 4.64. The first kappa shape index (κ1) is 16.7. The summed E-state index contributed by atoms with van der Waals surface area (Å²) in [5.74, 6) is 5.91. The number of benzene rings is 2. The maximum Gasteiger partial charge on any atom is 0.338 e. The van der Waals surface area contributed by atoms with Crippen molar-refractivity contribution in [2.24, 2.45) is 5.73 Å². The Morgan fingerprint density at radius 3 is 2.64 bits per heavy atom. The first-order valence-electron chi connectivity index (χ1n) is 7.74. The quantitative estimate of drug-likeness (QED) is 0.327. The molecule has 0 amide bonds. The van der Waals surface area contributed by atoms with E-state index in [4.69, 9.17) is 15.9 Å². The van der Waals surface area contributed by atoms with Crippen molar-refractivity contribution >= 4 is 33.2 Å². The maximum absolute atomic E-state index is 11.8. The molecule has 1 aromatic heterocycles. The van der Waals surface area contributed by atoms with Crippen molar-refractivity contribution in [2.75, 3.05) is 6.61 Å². The highest BCUT2D eigenvalue weighted by Gasteiger charge is 2.06. The molecule has 3 N–H and O–H groups in total. The van der Waals surface area contributed by atoms with Crippen LogP contribution in [0.15, 0.2) is 48.5 Å². The molecule has 25 heavy (non-hydrogen) atoms. The number of hydrogen-bond acceptors (Lipinski definition) is 4. The van der Waals surface area contributed by atoms with Crippen LogP contribution in [0.1, 0.15) is 33.3 Å². The second kappa shape index (κ2) is 7.20. The van der Waals surface area contributed by atoms with Gasteiger partial charge in [0.1, 0.15) is 5.84 Å². The van der Waals surface area contributed by atoms with Crippen molar-refractivity contribution in [2.45, 2.75) is 6.92 Å². The van der Waals surface area contributed by atoms with Crippen molar-refractivity contribution in [1.29, 1.82) is 5.41 Å². The Morgan fingerprint density at radius 2 is 1.92 bits per heavy atom. The zero-order valence-electron chi connectivity index (χ0n) is 13.6. The first-order chi connectivity index (χ1) is 12.1. The Morgan fingerprint density at radius 1 is 1.16 bits per heavy atom. The molecule has 1 heterocycles. The van der Waals surface area contributed by atoms with Crippen LogP contribution in [0.4, 0.5) is 0 Å². The first-order valence-corrected chi connectivity index (χ1v) is 8.55. The van der Waals surface area contributed by atoms with Crippen LogP contribution < -0.4 is 5.73 Å². The number of amidine groups is 1. The zero-order valence-corrected chi connectivity index (χ0v) is 14.4. The van der Waals surface area contributed by atoms with Gasteiger partial charge >= 0.3 is 5.97 Å². The van der Waals surface area contributed by atoms with E-state index in [-0.39, 0.29) is 11.8 Å². The summed E-state index contributed by atoms with van der Waals surface area (Å²) in [6.07, 6.45) is 0. The summed E-state index contributed by atoms with van der Waals surface area (Å²) in [5.41, 5.74) is 7.65. The van der Waals surface area contributed by atoms with Gasteiger partial charge in [0.15, 0.2) is 0 Å². The van der Waals surface area contributed by atoms with Crippen molar-refractivity contribution in [1.82, 2.24) is 0 Å². The highest BCUT2D eigenvalue weighted by Crippen LogP contribution is 2.26. The number of nitrogens with two attached hydrogens (primary N) is 1. The summed E-state index contributed by atoms with van der Waals surface area (Å²) >= 11 is 1.47. The fourth-order valence-corrected chi connectivity index (χ4v) is 3.29. The summed E-state index contributed by atoms with van der Waals surface area (Å²) in [7, 11) is 0. The SMILES string of the molecule is CCOC(=O)c1cccc(C#Cc2ccc3cc(C(=N)N)sc3c2)c1. The van der Waals surface area contributed by atoms with Crippen LogP contribution in [0.3, 0.4) is 0 Å². The van der Waals surface area contributed by atoms with Crippen LogP contribution in [0.2, 0.25) is 0 Å². The van der Waals surface area contributed by atoms with Crippen molar-refractivity contribution in [3.05, 3.63) is 70.1 Å². The predicted molar refractivity (Wildman–Crippen MR) is 101 cm³/mol. The highest BCUT2D eigenvalue weighted by molar-refractivity contribution is 7.20. The van der Waals surface area contributed by atoms with Gasteiger partial charge in [0.05, 0.1) is 17.0 Å². The molecule has 0 fully saturated rings. The lowest BCUT2D eigenvalue weighted by Crippen LogP contribution is -2.08. The molecule has 0 aliphatic rings. The molecule has 0 spiro atoms. The Labute approximate surface area is 149 Å². The number of nitrogens with one attached hydrogen (secondary N) is 1. The Bertz CT molecular complexity index is 1020. The number of rotatable bonds is 3. The minimum atomic E-state index is -0.345. The number of nitrogen functional groups attached to an aromatic ring is 1. The molecule has 0 atom stereocenters. The van der Waals surface area contributed by atoms with Gasteiger partial charge in [0, 0.05) is 15.8 Å². The Hall–Kier alpha value is -3.10. The van der Waals surface area contributed by atoms with Gasteiger partial charge in [-0.1, -0.05) is 24.0 Å². The summed E-state index contributed by atoms with van der Waals surface area (Å²) < 4.78 is 6.04. The van der Waals surface area contributed by atoms with Gasteiger partial charge in [-0.3, -0.25) is 5.41 Å². The van der Waals surface area contributed by atoms with E-state index in [1.165, 1.54) is 11.3 Å². The molecule has 4 nitrogen and oxygen atoms in total. The van der Waals surface area contributed by atoms with Gasteiger partial charge < -0.3 is 10.5 Å². The van der Waals surface area contributed by atoms with E-state index in [2.05, 4.69) is 11.8 Å². The van der Waals surface area contributed by atoms with E-state index >= 15 is 0 Å². The second-order valence-electron chi connectivity index (χ2n) is 5.33. The molecule has 2 aromatic carbocycles. The molecule has 3 rings (SSSR count). The summed E-state index contributed by atoms with van der Waals surface area (Å²) in [5, 5.41) is 8.57. The fourth-order valence-electron chi connectivity index (χ4n) is 2.32. The minimum Gasteiger partial charge on any atom is -0.462 e. The lowest BCUT2D eigenvalue weighted by atomic mass is 10.1. The van der Waals surface area contributed by atoms with Gasteiger partial charge in [-0.15, -0.1) is 11.3 Å². The van der Waals surface area contributed by atoms with Gasteiger partial charge in [-0.25, -0.2) is 4.79 Å². The molecule has 0 bridgehead atoms. The highest BCUT2D eigenvalue weighted by atomic mass is 32.1. The molecular formula is C20H16N2O2S. The van der Waals surface area contributed by atoms with E-state index in [0.717, 1.165) is 26.1 Å². The number of esters is 1. The number of fused-ring (bicyclic) bond motifs is 1. The van der Waals surface area contributed by atoms with Crippen LogP contribution in [0.25, 0.3) is 10.1 Å². The smallest absolute Gasteiger partial charge is 0.338 e. The number of thiophene rings is 1. The monoisotopic (exact) mass is 348 g/mol. The second-order valence-corrected chi connectivity index (χ2v) is 6.41. The van der Waals surface area contributed by atoms with Crippen molar-refractivity contribution < 1.29 is 9.53 Å². The molecule has 5 heteroatoms. The Balaban J connectivity index is 1.88. The topological polar surface area (TPSA) is 76.2 Å². The summed E-state index contributed by atoms with van der Waals surface area (Å²) in [4.78, 5) is 12.5. The molecule has 0 radical (unpaired) electrons. The maximum atomic E-state index is 11.8. The fraction of sp³-hybridized carbons (Fsp3) is 0.100. The van der Waals surface area contributed by atoms with E-state index < -0.39 is 0 Å². The summed E-state index contributed by atoms with van der Waals surface area (Å²) in [6.45, 7) is 2.12. The summed E-state index contributed by atoms with van der Waals surface area (Å²) in [6, 6.07) is 14.9. The lowest BCUT2D eigenvalue weighted by Gasteiger charge is -2.01. The predicted octanol–water partition coefficient (Wildman–Crippen LogP) is 3.76. The number of carbonyl (C=O) groups is 1. The minimum absolute atomic E-state index is 0.0737. The van der Waals surface area contributed by atoms with Gasteiger partial charge in [-0.2, -0.15) is 0 Å². The van der Waals surface area contributed by atoms with Crippen LogP contribution in [-0.4, -0.2) is 18.4 Å². The van der Waals surface area contributed by atoms with E-state index in [1.807, 2.05) is 30.3 Å². The van der Waals surface area contributed by atoms with Crippen LogP contribution in [0, 0.1) is 17.3 Å². The molecule has 0 unspecified atom stereocenters. The van der Waals surface area contributed by atoms with Crippen molar-refractivity contribution in [3.63, 3.8) is 0 Å². The van der Waals surface area contributed by atoms with Gasteiger partial charge in [0.2, 0.25) is 0 Å². The molecule has 124 valence electrons.